The number of halogens is 3. The zero-order valence-electron chi connectivity index (χ0n) is 9.58. The summed E-state index contributed by atoms with van der Waals surface area (Å²) in [4.78, 5) is 17.4. The number of carbonyl (C=O) groups is 1. The Bertz CT molecular complexity index is 628. The van der Waals surface area contributed by atoms with Crippen molar-refractivity contribution in [3.05, 3.63) is 40.3 Å². The van der Waals surface area contributed by atoms with Crippen LogP contribution in [-0.4, -0.2) is 21.0 Å². The minimum absolute atomic E-state index is 0.0781. The molecular weight excluding hydrogens is 322 g/mol. The van der Waals surface area contributed by atoms with Crippen LogP contribution in [0.25, 0.3) is 11.3 Å². The number of aromatic amines is 1. The largest absolute Gasteiger partial charge is 0.481 e. The molecule has 7 heteroatoms. The van der Waals surface area contributed by atoms with Gasteiger partial charge in [-0.2, -0.15) is 0 Å². The maximum atomic E-state index is 13.6. The number of carboxylic acid groups (broad SMARTS) is 1. The SMILES string of the molecule is O=C(O)CCc1nc(-c2ccc(F)cc2F)c(Br)[nH]1. The third-order valence-electron chi connectivity index (χ3n) is 2.47. The van der Waals surface area contributed by atoms with Gasteiger partial charge in [0.1, 0.15) is 27.8 Å². The van der Waals surface area contributed by atoms with E-state index >= 15 is 0 Å². The van der Waals surface area contributed by atoms with Gasteiger partial charge in [-0.25, -0.2) is 13.8 Å². The Morgan fingerprint density at radius 1 is 1.42 bits per heavy atom. The number of hydrogen-bond acceptors (Lipinski definition) is 2. The average molecular weight is 331 g/mol. The van der Waals surface area contributed by atoms with Crippen molar-refractivity contribution in [3.63, 3.8) is 0 Å². The Hall–Kier alpha value is -1.76. The van der Waals surface area contributed by atoms with Gasteiger partial charge in [-0.1, -0.05) is 0 Å². The lowest BCUT2D eigenvalue weighted by Crippen LogP contribution is -1.98. The van der Waals surface area contributed by atoms with Gasteiger partial charge in [0.25, 0.3) is 0 Å². The van der Waals surface area contributed by atoms with Crippen LogP contribution in [0.2, 0.25) is 0 Å². The van der Waals surface area contributed by atoms with Crippen LogP contribution in [0.1, 0.15) is 12.2 Å². The molecule has 0 aliphatic rings. The molecule has 2 rings (SSSR count). The molecule has 0 saturated heterocycles. The number of aliphatic carboxylic acids is 1. The molecular formula is C12H9BrF2N2O2. The Kier molecular flexibility index (Phi) is 3.94. The lowest BCUT2D eigenvalue weighted by Gasteiger charge is -2.00. The number of H-pyrrole nitrogens is 1. The molecule has 19 heavy (non-hydrogen) atoms. The van der Waals surface area contributed by atoms with E-state index in [1.807, 2.05) is 0 Å². The van der Waals surface area contributed by atoms with Crippen LogP contribution in [0.15, 0.2) is 22.8 Å². The van der Waals surface area contributed by atoms with E-state index in [1.165, 1.54) is 6.07 Å². The highest BCUT2D eigenvalue weighted by atomic mass is 79.9. The van der Waals surface area contributed by atoms with E-state index in [-0.39, 0.29) is 24.1 Å². The van der Waals surface area contributed by atoms with Crippen LogP contribution >= 0.6 is 15.9 Å². The number of carboxylic acids is 1. The quantitative estimate of drug-likeness (QED) is 0.905. The second kappa shape index (κ2) is 5.48. The molecule has 0 fully saturated rings. The number of benzene rings is 1. The summed E-state index contributed by atoms with van der Waals surface area (Å²) in [6.07, 6.45) is 0.127. The zero-order chi connectivity index (χ0) is 14.0. The van der Waals surface area contributed by atoms with Gasteiger partial charge in [-0.15, -0.1) is 0 Å². The van der Waals surface area contributed by atoms with E-state index in [4.69, 9.17) is 5.11 Å². The summed E-state index contributed by atoms with van der Waals surface area (Å²) in [5.41, 5.74) is 0.434. The zero-order valence-corrected chi connectivity index (χ0v) is 11.2. The first kappa shape index (κ1) is 13.7. The van der Waals surface area contributed by atoms with Gasteiger partial charge in [0, 0.05) is 18.1 Å². The molecule has 0 aliphatic carbocycles. The standard InChI is InChI=1S/C12H9BrF2N2O2/c13-12-11(7-2-1-6(14)5-8(7)15)16-9(17-12)3-4-10(18)19/h1-2,5H,3-4H2,(H,16,17)(H,18,19). The highest BCUT2D eigenvalue weighted by Crippen LogP contribution is 2.28. The normalized spacial score (nSPS) is 10.7. The van der Waals surface area contributed by atoms with Crippen molar-refractivity contribution < 1.29 is 18.7 Å². The highest BCUT2D eigenvalue weighted by Gasteiger charge is 2.15. The number of nitrogens with zero attached hydrogens (tertiary/aromatic N) is 1. The number of hydrogen-bond donors (Lipinski definition) is 2. The molecule has 2 aromatic rings. The highest BCUT2D eigenvalue weighted by molar-refractivity contribution is 9.10. The fourth-order valence-electron chi connectivity index (χ4n) is 1.60. The lowest BCUT2D eigenvalue weighted by atomic mass is 10.1. The summed E-state index contributed by atoms with van der Waals surface area (Å²) < 4.78 is 26.9. The minimum atomic E-state index is -0.943. The molecule has 0 unspecified atom stereocenters. The van der Waals surface area contributed by atoms with Gasteiger partial charge in [0.15, 0.2) is 0 Å². The molecule has 0 aliphatic heterocycles. The van der Waals surface area contributed by atoms with Crippen molar-refractivity contribution in [2.24, 2.45) is 0 Å². The molecule has 1 aromatic carbocycles. The molecule has 100 valence electrons. The first-order chi connectivity index (χ1) is 8.97. The lowest BCUT2D eigenvalue weighted by molar-refractivity contribution is -0.137. The van der Waals surface area contributed by atoms with Crippen molar-refractivity contribution in [1.29, 1.82) is 0 Å². The van der Waals surface area contributed by atoms with E-state index in [1.54, 1.807) is 0 Å². The predicted octanol–water partition coefficient (Wildman–Crippen LogP) is 3.13. The molecule has 1 heterocycles. The van der Waals surface area contributed by atoms with E-state index in [0.717, 1.165) is 12.1 Å². The van der Waals surface area contributed by atoms with Crippen molar-refractivity contribution in [1.82, 2.24) is 9.97 Å². The van der Waals surface area contributed by atoms with Crippen LogP contribution in [0, 0.1) is 11.6 Å². The van der Waals surface area contributed by atoms with Crippen molar-refractivity contribution >= 4 is 21.9 Å². The third-order valence-corrected chi connectivity index (χ3v) is 3.04. The molecule has 0 amide bonds. The van der Waals surface area contributed by atoms with Gasteiger partial charge >= 0.3 is 5.97 Å². The number of rotatable bonds is 4. The van der Waals surface area contributed by atoms with Crippen molar-refractivity contribution in [2.45, 2.75) is 12.8 Å². The molecule has 0 radical (unpaired) electrons. The molecule has 1 aromatic heterocycles. The van der Waals surface area contributed by atoms with Crippen LogP contribution in [-0.2, 0) is 11.2 Å². The van der Waals surface area contributed by atoms with E-state index < -0.39 is 17.6 Å². The van der Waals surface area contributed by atoms with Crippen molar-refractivity contribution in [3.8, 4) is 11.3 Å². The maximum absolute atomic E-state index is 13.6. The predicted molar refractivity (Wildman–Crippen MR) is 67.6 cm³/mol. The average Bonchev–Trinajstić information content (AvgIpc) is 2.68. The minimum Gasteiger partial charge on any atom is -0.481 e. The van der Waals surface area contributed by atoms with Crippen LogP contribution < -0.4 is 0 Å². The smallest absolute Gasteiger partial charge is 0.303 e. The first-order valence-electron chi connectivity index (χ1n) is 5.39. The maximum Gasteiger partial charge on any atom is 0.303 e. The molecule has 4 nitrogen and oxygen atoms in total. The van der Waals surface area contributed by atoms with Gasteiger partial charge in [-0.05, 0) is 28.1 Å². The molecule has 2 N–H and O–H groups in total. The van der Waals surface area contributed by atoms with E-state index in [9.17, 15) is 13.6 Å². The summed E-state index contributed by atoms with van der Waals surface area (Å²) in [5, 5.41) is 8.59. The summed E-state index contributed by atoms with van der Waals surface area (Å²) in [7, 11) is 0. The number of aryl methyl sites for hydroxylation is 1. The summed E-state index contributed by atoms with van der Waals surface area (Å²) in [6, 6.07) is 3.19. The van der Waals surface area contributed by atoms with Gasteiger partial charge in [0.2, 0.25) is 0 Å². The number of aromatic nitrogens is 2. The summed E-state index contributed by atoms with van der Waals surface area (Å²) in [6.45, 7) is 0. The Balaban J connectivity index is 2.32. The van der Waals surface area contributed by atoms with E-state index in [2.05, 4.69) is 25.9 Å². The van der Waals surface area contributed by atoms with Crippen LogP contribution in [0.3, 0.4) is 0 Å². The number of nitrogens with one attached hydrogen (secondary N) is 1. The van der Waals surface area contributed by atoms with Crippen LogP contribution in [0.4, 0.5) is 8.78 Å². The molecule has 0 saturated carbocycles. The topological polar surface area (TPSA) is 66.0 Å². The summed E-state index contributed by atoms with van der Waals surface area (Å²) >= 11 is 3.19. The van der Waals surface area contributed by atoms with Gasteiger partial charge in [0.05, 0.1) is 6.42 Å². The molecule has 0 bridgehead atoms. The first-order valence-corrected chi connectivity index (χ1v) is 6.18. The number of imidazole rings is 1. The Labute approximate surface area is 115 Å². The second-order valence-electron chi connectivity index (χ2n) is 3.86. The van der Waals surface area contributed by atoms with Gasteiger partial charge < -0.3 is 10.1 Å². The summed E-state index contributed by atoms with van der Waals surface area (Å²) in [5.74, 6) is -1.91. The fraction of sp³-hybridized carbons (Fsp3) is 0.167. The Morgan fingerprint density at radius 2 is 2.16 bits per heavy atom. The second-order valence-corrected chi connectivity index (χ2v) is 4.66. The molecule has 0 spiro atoms. The van der Waals surface area contributed by atoms with E-state index in [0.29, 0.717) is 10.4 Å². The third kappa shape index (κ3) is 3.17. The fourth-order valence-corrected chi connectivity index (χ4v) is 2.13. The van der Waals surface area contributed by atoms with Crippen LogP contribution in [0.5, 0.6) is 0 Å². The van der Waals surface area contributed by atoms with Crippen molar-refractivity contribution in [2.75, 3.05) is 0 Å². The Morgan fingerprint density at radius 3 is 2.79 bits per heavy atom. The molecule has 0 atom stereocenters. The van der Waals surface area contributed by atoms with Gasteiger partial charge in [-0.3, -0.25) is 4.79 Å². The monoisotopic (exact) mass is 330 g/mol.